The molecule has 25 heavy (non-hydrogen) atoms. The van der Waals surface area contributed by atoms with E-state index in [2.05, 4.69) is 17.0 Å². The second-order valence-corrected chi connectivity index (χ2v) is 6.98. The number of rotatable bonds is 5. The van der Waals surface area contributed by atoms with Crippen LogP contribution in [0.3, 0.4) is 0 Å². The molecule has 1 aromatic carbocycles. The van der Waals surface area contributed by atoms with Crippen LogP contribution in [0.5, 0.6) is 0 Å². The molecule has 5 heteroatoms. The van der Waals surface area contributed by atoms with E-state index in [0.29, 0.717) is 13.0 Å². The van der Waals surface area contributed by atoms with Crippen LogP contribution in [0.2, 0.25) is 0 Å². The fourth-order valence-electron chi connectivity index (χ4n) is 3.90. The van der Waals surface area contributed by atoms with Crippen molar-refractivity contribution in [2.45, 2.75) is 38.6 Å². The normalized spacial score (nSPS) is 21.8. The van der Waals surface area contributed by atoms with Crippen molar-refractivity contribution >= 4 is 11.8 Å². The number of carbonyl (C=O) groups is 2. The Balaban J connectivity index is 1.49. The number of aryl methyl sites for hydroxylation is 1. The maximum absolute atomic E-state index is 12.6. The molecule has 2 aliphatic heterocycles. The zero-order valence-electron chi connectivity index (χ0n) is 15.2. The largest absolute Gasteiger partial charge is 0.341 e. The summed E-state index contributed by atoms with van der Waals surface area (Å²) < 4.78 is 0. The van der Waals surface area contributed by atoms with Gasteiger partial charge in [0, 0.05) is 45.7 Å². The fraction of sp³-hybridized carbons (Fsp3) is 0.600. The Bertz CT molecular complexity index is 590. The summed E-state index contributed by atoms with van der Waals surface area (Å²) in [6.07, 6.45) is 3.18. The highest BCUT2D eigenvalue weighted by atomic mass is 16.2. The summed E-state index contributed by atoms with van der Waals surface area (Å²) in [6, 6.07) is 10.3. The Labute approximate surface area is 150 Å². The molecule has 0 saturated carbocycles. The predicted molar refractivity (Wildman–Crippen MR) is 98.2 cm³/mol. The topological polar surface area (TPSA) is 43.9 Å². The van der Waals surface area contributed by atoms with Gasteiger partial charge in [0.2, 0.25) is 11.8 Å². The number of benzene rings is 1. The number of hydrogen-bond donors (Lipinski definition) is 0. The maximum atomic E-state index is 12.6. The van der Waals surface area contributed by atoms with Crippen molar-refractivity contribution in [1.82, 2.24) is 14.7 Å². The smallest absolute Gasteiger partial charge is 0.240 e. The Morgan fingerprint density at radius 3 is 2.60 bits per heavy atom. The molecule has 2 saturated heterocycles. The van der Waals surface area contributed by atoms with E-state index in [0.717, 1.165) is 52.0 Å². The van der Waals surface area contributed by atoms with Crippen molar-refractivity contribution in [3.63, 3.8) is 0 Å². The Morgan fingerprint density at radius 1 is 1.08 bits per heavy atom. The van der Waals surface area contributed by atoms with Crippen molar-refractivity contribution in [2.24, 2.45) is 0 Å². The molecule has 0 spiro atoms. The molecular formula is C20H29N3O2. The van der Waals surface area contributed by atoms with Gasteiger partial charge in [0.1, 0.15) is 0 Å². The molecule has 0 aromatic heterocycles. The molecule has 1 atom stereocenters. The van der Waals surface area contributed by atoms with E-state index in [9.17, 15) is 9.59 Å². The zero-order valence-corrected chi connectivity index (χ0v) is 15.2. The van der Waals surface area contributed by atoms with E-state index in [4.69, 9.17) is 0 Å². The number of likely N-dealkylation sites (N-methyl/N-ethyl adjacent to an activating group) is 1. The summed E-state index contributed by atoms with van der Waals surface area (Å²) in [5.74, 6) is 0.475. The minimum absolute atomic E-state index is 0.0316. The third-order valence-corrected chi connectivity index (χ3v) is 5.46. The molecule has 2 heterocycles. The van der Waals surface area contributed by atoms with Crippen molar-refractivity contribution in [1.29, 1.82) is 0 Å². The first-order valence-electron chi connectivity index (χ1n) is 9.53. The van der Waals surface area contributed by atoms with Gasteiger partial charge in [-0.3, -0.25) is 14.5 Å². The average Bonchev–Trinajstić information content (AvgIpc) is 2.86. The second kappa shape index (κ2) is 8.48. The van der Waals surface area contributed by atoms with Gasteiger partial charge in [-0.25, -0.2) is 0 Å². The predicted octanol–water partition coefficient (Wildman–Crippen LogP) is 1.77. The van der Waals surface area contributed by atoms with E-state index in [1.807, 2.05) is 34.9 Å². The van der Waals surface area contributed by atoms with E-state index in [-0.39, 0.29) is 17.9 Å². The van der Waals surface area contributed by atoms with Gasteiger partial charge in [-0.1, -0.05) is 30.3 Å². The fourth-order valence-corrected chi connectivity index (χ4v) is 3.90. The molecule has 0 aliphatic carbocycles. The van der Waals surface area contributed by atoms with Crippen LogP contribution in [0.4, 0.5) is 0 Å². The van der Waals surface area contributed by atoms with Crippen molar-refractivity contribution in [3.05, 3.63) is 35.9 Å². The van der Waals surface area contributed by atoms with Gasteiger partial charge in [0.15, 0.2) is 0 Å². The maximum Gasteiger partial charge on any atom is 0.240 e. The summed E-state index contributed by atoms with van der Waals surface area (Å²) in [5, 5.41) is 0. The van der Waals surface area contributed by atoms with Crippen LogP contribution in [-0.2, 0) is 16.0 Å². The highest BCUT2D eigenvalue weighted by molar-refractivity contribution is 5.83. The number of fused-ring (bicyclic) bond motifs is 1. The average molecular weight is 343 g/mol. The highest BCUT2D eigenvalue weighted by Gasteiger charge is 2.36. The molecule has 0 N–H and O–H groups in total. The van der Waals surface area contributed by atoms with Crippen LogP contribution in [0.15, 0.2) is 30.3 Å². The molecule has 1 aromatic rings. The molecule has 2 fully saturated rings. The first kappa shape index (κ1) is 17.9. The molecule has 0 radical (unpaired) electrons. The summed E-state index contributed by atoms with van der Waals surface area (Å²) in [5.41, 5.74) is 1.29. The standard InChI is InChI=1S/C20H29N3O2/c1-2-21-13-14-22-15-16-23(12-11-18(22)20(21)25)19(24)10-6-9-17-7-4-3-5-8-17/h3-5,7-8,18H,2,6,9-16H2,1H3. The number of carbonyl (C=O) groups excluding carboxylic acids is 2. The first-order valence-corrected chi connectivity index (χ1v) is 9.53. The number of piperazine rings is 1. The number of nitrogens with zero attached hydrogens (tertiary/aromatic N) is 3. The van der Waals surface area contributed by atoms with Gasteiger partial charge in [-0.2, -0.15) is 0 Å². The van der Waals surface area contributed by atoms with E-state index in [1.165, 1.54) is 5.56 Å². The van der Waals surface area contributed by atoms with Gasteiger partial charge in [-0.15, -0.1) is 0 Å². The lowest BCUT2D eigenvalue weighted by Gasteiger charge is -2.39. The van der Waals surface area contributed by atoms with Crippen LogP contribution in [0, 0.1) is 0 Å². The zero-order chi connectivity index (χ0) is 17.6. The van der Waals surface area contributed by atoms with Gasteiger partial charge in [0.25, 0.3) is 0 Å². The monoisotopic (exact) mass is 343 g/mol. The van der Waals surface area contributed by atoms with Crippen LogP contribution in [0.25, 0.3) is 0 Å². The lowest BCUT2D eigenvalue weighted by Crippen LogP contribution is -2.56. The van der Waals surface area contributed by atoms with Crippen LogP contribution in [0.1, 0.15) is 31.7 Å². The Morgan fingerprint density at radius 2 is 1.84 bits per heavy atom. The highest BCUT2D eigenvalue weighted by Crippen LogP contribution is 2.18. The van der Waals surface area contributed by atoms with E-state index >= 15 is 0 Å². The minimum atomic E-state index is -0.0316. The molecule has 1 unspecified atom stereocenters. The van der Waals surface area contributed by atoms with Gasteiger partial charge < -0.3 is 9.80 Å². The molecule has 2 aliphatic rings. The molecule has 5 nitrogen and oxygen atoms in total. The van der Waals surface area contributed by atoms with Crippen LogP contribution in [-0.4, -0.2) is 71.8 Å². The lowest BCUT2D eigenvalue weighted by molar-refractivity contribution is -0.141. The first-order chi connectivity index (χ1) is 12.2. The minimum Gasteiger partial charge on any atom is -0.341 e. The summed E-state index contributed by atoms with van der Waals surface area (Å²) >= 11 is 0. The van der Waals surface area contributed by atoms with Crippen molar-refractivity contribution in [2.75, 3.05) is 39.3 Å². The van der Waals surface area contributed by atoms with Crippen molar-refractivity contribution in [3.8, 4) is 0 Å². The Kier molecular flexibility index (Phi) is 6.08. The molecule has 3 rings (SSSR count). The number of amides is 2. The van der Waals surface area contributed by atoms with Gasteiger partial charge in [0.05, 0.1) is 6.04 Å². The molecule has 136 valence electrons. The van der Waals surface area contributed by atoms with E-state index in [1.54, 1.807) is 0 Å². The lowest BCUT2D eigenvalue weighted by atomic mass is 10.1. The SMILES string of the molecule is CCN1CCN2CCN(C(=O)CCCc3ccccc3)CCC2C1=O. The third-order valence-electron chi connectivity index (χ3n) is 5.46. The van der Waals surface area contributed by atoms with Crippen LogP contribution < -0.4 is 0 Å². The van der Waals surface area contributed by atoms with E-state index < -0.39 is 0 Å². The Hall–Kier alpha value is -1.88. The van der Waals surface area contributed by atoms with Crippen LogP contribution >= 0.6 is 0 Å². The molecule has 2 amide bonds. The molecule has 0 bridgehead atoms. The van der Waals surface area contributed by atoms with Gasteiger partial charge in [-0.05, 0) is 31.7 Å². The molecular weight excluding hydrogens is 314 g/mol. The number of hydrogen-bond acceptors (Lipinski definition) is 3. The quantitative estimate of drug-likeness (QED) is 0.818. The second-order valence-electron chi connectivity index (χ2n) is 6.98. The van der Waals surface area contributed by atoms with Gasteiger partial charge >= 0.3 is 0 Å². The summed E-state index contributed by atoms with van der Waals surface area (Å²) in [4.78, 5) is 31.3. The third kappa shape index (κ3) is 4.40. The van der Waals surface area contributed by atoms with Crippen molar-refractivity contribution < 1.29 is 9.59 Å². The summed E-state index contributed by atoms with van der Waals surface area (Å²) in [7, 11) is 0. The summed E-state index contributed by atoms with van der Waals surface area (Å²) in [6.45, 7) is 6.84.